The summed E-state index contributed by atoms with van der Waals surface area (Å²) >= 11 is 0. The third-order valence-electron chi connectivity index (χ3n) is 6.86. The Morgan fingerprint density at radius 3 is 2.60 bits per heavy atom. The Labute approximate surface area is 173 Å². The second-order valence-corrected chi connectivity index (χ2v) is 8.76. The fraction of sp³-hybridized carbons (Fsp3) is 0.240. The maximum Gasteiger partial charge on any atom is 0.272 e. The molecule has 0 bridgehead atoms. The minimum atomic E-state index is -0.185. The molecule has 3 aromatic carbocycles. The van der Waals surface area contributed by atoms with E-state index >= 15 is 0 Å². The second kappa shape index (κ2) is 6.26. The highest BCUT2D eigenvalue weighted by Gasteiger charge is 2.48. The summed E-state index contributed by atoms with van der Waals surface area (Å²) in [5.74, 6) is 0.135. The number of rotatable bonds is 2. The standard InChI is InChI=1S/C25H21N3O2/c29-23-22-8-5-17(12-19(22)13-26-27-23)20-4-1-3-16-11-18(6-7-21(16)20)24(30)28-14-25(15-28)9-2-10-25/h1,3-8,11-13H,2,9-10,14-15H2,(H,27,29). The zero-order valence-corrected chi connectivity index (χ0v) is 16.5. The number of fused-ring (bicyclic) bond motifs is 2. The number of benzene rings is 3. The SMILES string of the molecule is O=C(c1ccc2c(-c3ccc4c(=O)[nH]ncc4c3)cccc2c1)N1CC2(CCC2)C1. The van der Waals surface area contributed by atoms with Gasteiger partial charge in [-0.1, -0.05) is 36.8 Å². The molecule has 1 saturated heterocycles. The largest absolute Gasteiger partial charge is 0.337 e. The van der Waals surface area contributed by atoms with Crippen molar-refractivity contribution in [3.8, 4) is 11.1 Å². The van der Waals surface area contributed by atoms with E-state index in [9.17, 15) is 9.59 Å². The van der Waals surface area contributed by atoms with Crippen LogP contribution in [0, 0.1) is 5.41 Å². The summed E-state index contributed by atoms with van der Waals surface area (Å²) in [4.78, 5) is 26.8. The first-order valence-corrected chi connectivity index (χ1v) is 10.4. The van der Waals surface area contributed by atoms with Crippen molar-refractivity contribution in [1.82, 2.24) is 15.1 Å². The number of hydrogen-bond acceptors (Lipinski definition) is 3. The first kappa shape index (κ1) is 17.4. The molecule has 1 N–H and O–H groups in total. The molecule has 148 valence electrons. The maximum atomic E-state index is 12.9. The number of carbonyl (C=O) groups is 1. The Morgan fingerprint density at radius 1 is 0.967 bits per heavy atom. The van der Waals surface area contributed by atoms with Gasteiger partial charge in [-0.15, -0.1) is 0 Å². The third-order valence-corrected chi connectivity index (χ3v) is 6.86. The fourth-order valence-corrected chi connectivity index (χ4v) is 5.02. The van der Waals surface area contributed by atoms with Gasteiger partial charge in [0, 0.05) is 29.5 Å². The van der Waals surface area contributed by atoms with E-state index in [1.807, 2.05) is 53.4 Å². The highest BCUT2D eigenvalue weighted by atomic mass is 16.2. The van der Waals surface area contributed by atoms with Crippen molar-refractivity contribution in [2.24, 2.45) is 5.41 Å². The number of nitrogens with one attached hydrogen (secondary N) is 1. The summed E-state index contributed by atoms with van der Waals surface area (Å²) in [5, 5.41) is 9.95. The minimum absolute atomic E-state index is 0.135. The van der Waals surface area contributed by atoms with Gasteiger partial charge in [-0.05, 0) is 59.0 Å². The van der Waals surface area contributed by atoms with Crippen LogP contribution in [0.4, 0.5) is 0 Å². The molecule has 1 aliphatic carbocycles. The molecule has 6 rings (SSSR count). The Bertz CT molecular complexity index is 1380. The number of nitrogens with zero attached hydrogens (tertiary/aromatic N) is 2. The average molecular weight is 395 g/mol. The zero-order chi connectivity index (χ0) is 20.3. The number of amides is 1. The molecule has 5 heteroatoms. The summed E-state index contributed by atoms with van der Waals surface area (Å²) in [7, 11) is 0. The van der Waals surface area contributed by atoms with Crippen molar-refractivity contribution in [3.05, 3.63) is 76.7 Å². The predicted octanol–water partition coefficient (Wildman–Crippen LogP) is 4.37. The minimum Gasteiger partial charge on any atom is -0.337 e. The molecule has 2 heterocycles. The molecule has 1 saturated carbocycles. The van der Waals surface area contributed by atoms with Crippen LogP contribution in [0.2, 0.25) is 0 Å². The molecule has 2 aliphatic rings. The van der Waals surface area contributed by atoms with E-state index in [1.165, 1.54) is 19.3 Å². The van der Waals surface area contributed by atoms with Crippen LogP contribution in [0.5, 0.6) is 0 Å². The molecule has 1 aliphatic heterocycles. The molecular weight excluding hydrogens is 374 g/mol. The van der Waals surface area contributed by atoms with E-state index in [2.05, 4.69) is 16.3 Å². The molecule has 30 heavy (non-hydrogen) atoms. The van der Waals surface area contributed by atoms with Crippen LogP contribution in [0.25, 0.3) is 32.7 Å². The van der Waals surface area contributed by atoms with Gasteiger partial charge in [0.15, 0.2) is 0 Å². The molecule has 1 aromatic heterocycles. The number of aromatic amines is 1. The van der Waals surface area contributed by atoms with Crippen LogP contribution in [-0.2, 0) is 0 Å². The van der Waals surface area contributed by atoms with Crippen molar-refractivity contribution < 1.29 is 4.79 Å². The normalized spacial score (nSPS) is 17.1. The summed E-state index contributed by atoms with van der Waals surface area (Å²) in [6.45, 7) is 1.82. The quantitative estimate of drug-likeness (QED) is 0.548. The highest BCUT2D eigenvalue weighted by molar-refractivity contribution is 6.03. The van der Waals surface area contributed by atoms with Crippen LogP contribution in [0.15, 0.2) is 65.6 Å². The highest BCUT2D eigenvalue weighted by Crippen LogP contribution is 2.48. The molecule has 1 amide bonds. The van der Waals surface area contributed by atoms with Crippen LogP contribution < -0.4 is 5.56 Å². The number of hydrogen-bond donors (Lipinski definition) is 1. The van der Waals surface area contributed by atoms with Crippen LogP contribution in [0.1, 0.15) is 29.6 Å². The van der Waals surface area contributed by atoms with Crippen molar-refractivity contribution in [3.63, 3.8) is 0 Å². The molecule has 5 nitrogen and oxygen atoms in total. The first-order chi connectivity index (χ1) is 14.6. The van der Waals surface area contributed by atoms with E-state index in [0.29, 0.717) is 10.8 Å². The van der Waals surface area contributed by atoms with Crippen molar-refractivity contribution >= 4 is 27.5 Å². The Morgan fingerprint density at radius 2 is 1.80 bits per heavy atom. The molecule has 0 unspecified atom stereocenters. The fourth-order valence-electron chi connectivity index (χ4n) is 5.02. The maximum absolute atomic E-state index is 12.9. The molecule has 1 spiro atoms. The lowest BCUT2D eigenvalue weighted by Crippen LogP contribution is -2.61. The van der Waals surface area contributed by atoms with Crippen LogP contribution in [0.3, 0.4) is 0 Å². The second-order valence-electron chi connectivity index (χ2n) is 8.76. The van der Waals surface area contributed by atoms with E-state index < -0.39 is 0 Å². The smallest absolute Gasteiger partial charge is 0.272 e. The topological polar surface area (TPSA) is 66.1 Å². The molecule has 0 radical (unpaired) electrons. The van der Waals surface area contributed by atoms with Gasteiger partial charge in [0.25, 0.3) is 11.5 Å². The van der Waals surface area contributed by atoms with Gasteiger partial charge in [-0.2, -0.15) is 5.10 Å². The summed E-state index contributed by atoms with van der Waals surface area (Å²) in [5.41, 5.74) is 3.10. The van der Waals surface area contributed by atoms with E-state index in [-0.39, 0.29) is 11.5 Å². The zero-order valence-electron chi connectivity index (χ0n) is 16.5. The van der Waals surface area contributed by atoms with Crippen LogP contribution >= 0.6 is 0 Å². The molecule has 0 atom stereocenters. The lowest BCUT2D eigenvalue weighted by Gasteiger charge is -2.55. The summed E-state index contributed by atoms with van der Waals surface area (Å²) < 4.78 is 0. The Kier molecular flexibility index (Phi) is 3.63. The van der Waals surface area contributed by atoms with E-state index in [1.54, 1.807) is 6.20 Å². The van der Waals surface area contributed by atoms with Crippen molar-refractivity contribution in [2.45, 2.75) is 19.3 Å². The molecule has 2 fully saturated rings. The molecule has 4 aromatic rings. The van der Waals surface area contributed by atoms with Gasteiger partial charge >= 0.3 is 0 Å². The predicted molar refractivity (Wildman–Crippen MR) is 117 cm³/mol. The Balaban J connectivity index is 1.37. The lowest BCUT2D eigenvalue weighted by molar-refractivity contribution is -0.0426. The molecular formula is C25H21N3O2. The number of carbonyl (C=O) groups excluding carboxylic acids is 1. The summed E-state index contributed by atoms with van der Waals surface area (Å²) in [6.07, 6.45) is 5.51. The van der Waals surface area contributed by atoms with Gasteiger partial charge in [0.2, 0.25) is 0 Å². The number of aromatic nitrogens is 2. The summed E-state index contributed by atoms with van der Waals surface area (Å²) in [6, 6.07) is 17.9. The third kappa shape index (κ3) is 2.58. The van der Waals surface area contributed by atoms with Crippen molar-refractivity contribution in [1.29, 1.82) is 0 Å². The van der Waals surface area contributed by atoms with Gasteiger partial charge in [0.1, 0.15) is 0 Å². The van der Waals surface area contributed by atoms with Gasteiger partial charge < -0.3 is 4.90 Å². The van der Waals surface area contributed by atoms with E-state index in [0.717, 1.165) is 45.9 Å². The van der Waals surface area contributed by atoms with Gasteiger partial charge in [-0.3, -0.25) is 9.59 Å². The van der Waals surface area contributed by atoms with Crippen LogP contribution in [-0.4, -0.2) is 34.1 Å². The van der Waals surface area contributed by atoms with Crippen molar-refractivity contribution in [2.75, 3.05) is 13.1 Å². The first-order valence-electron chi connectivity index (χ1n) is 10.4. The van der Waals surface area contributed by atoms with Gasteiger partial charge in [-0.25, -0.2) is 5.10 Å². The Hall–Kier alpha value is -3.47. The van der Waals surface area contributed by atoms with E-state index in [4.69, 9.17) is 0 Å². The monoisotopic (exact) mass is 395 g/mol. The number of likely N-dealkylation sites (tertiary alicyclic amines) is 1. The average Bonchev–Trinajstić information content (AvgIpc) is 2.70. The lowest BCUT2D eigenvalue weighted by atomic mass is 9.63. The number of H-pyrrole nitrogens is 1. The van der Waals surface area contributed by atoms with Gasteiger partial charge in [0.05, 0.1) is 11.6 Å².